The second-order valence-corrected chi connectivity index (χ2v) is 6.26. The molecule has 0 amide bonds. The van der Waals surface area contributed by atoms with Crippen molar-refractivity contribution in [3.63, 3.8) is 0 Å². The third-order valence-corrected chi connectivity index (χ3v) is 4.54. The Morgan fingerprint density at radius 2 is 1.78 bits per heavy atom. The van der Waals surface area contributed by atoms with E-state index in [1.807, 2.05) is 29.2 Å². The molecule has 0 N–H and O–H groups in total. The van der Waals surface area contributed by atoms with Crippen LogP contribution in [0.5, 0.6) is 0 Å². The van der Waals surface area contributed by atoms with Crippen LogP contribution in [0.1, 0.15) is 22.4 Å². The number of fused-ring (bicyclic) bond motifs is 1. The summed E-state index contributed by atoms with van der Waals surface area (Å²) >= 11 is 0. The van der Waals surface area contributed by atoms with E-state index in [0.29, 0.717) is 18.9 Å². The van der Waals surface area contributed by atoms with Gasteiger partial charge in [-0.3, -0.25) is 0 Å². The molecular weight excluding hydrogens is 355 g/mol. The number of hydrogen-bond donors (Lipinski definition) is 0. The summed E-state index contributed by atoms with van der Waals surface area (Å²) < 4.78 is 38.9. The summed E-state index contributed by atoms with van der Waals surface area (Å²) in [5.74, 6) is 0.379. The van der Waals surface area contributed by atoms with E-state index in [9.17, 15) is 18.4 Å². The van der Waals surface area contributed by atoms with Gasteiger partial charge in [0, 0.05) is 13.1 Å². The van der Waals surface area contributed by atoms with Gasteiger partial charge in [0.15, 0.2) is 5.82 Å². The summed E-state index contributed by atoms with van der Waals surface area (Å²) in [6.07, 6.45) is -3.65. The normalized spacial score (nSPS) is 13.9. The fourth-order valence-corrected chi connectivity index (χ4v) is 3.18. The Hall–Kier alpha value is -3.34. The van der Waals surface area contributed by atoms with E-state index in [-0.39, 0.29) is 11.4 Å². The Balaban J connectivity index is 1.69. The topological polar surface area (TPSA) is 57.7 Å². The van der Waals surface area contributed by atoms with Crippen molar-refractivity contribution in [1.29, 1.82) is 5.26 Å². The Kier molecular flexibility index (Phi) is 4.07. The summed E-state index contributed by atoms with van der Waals surface area (Å²) in [6.45, 7) is 1.24. The van der Waals surface area contributed by atoms with E-state index in [1.54, 1.807) is 0 Å². The third kappa shape index (κ3) is 3.24. The molecule has 0 saturated carbocycles. The number of nitrogens with zero attached hydrogens (tertiary/aromatic N) is 5. The number of hydrogen-bond acceptors (Lipinski definition) is 4. The molecule has 0 aliphatic carbocycles. The van der Waals surface area contributed by atoms with E-state index in [0.717, 1.165) is 28.9 Å². The average Bonchev–Trinajstić information content (AvgIpc) is 3.11. The van der Waals surface area contributed by atoms with Gasteiger partial charge in [-0.05, 0) is 35.7 Å². The zero-order valence-corrected chi connectivity index (χ0v) is 14.1. The lowest BCUT2D eigenvalue weighted by Crippen LogP contribution is -2.31. The van der Waals surface area contributed by atoms with E-state index < -0.39 is 11.7 Å². The predicted molar refractivity (Wildman–Crippen MR) is 92.3 cm³/mol. The van der Waals surface area contributed by atoms with Crippen LogP contribution in [0.15, 0.2) is 48.5 Å². The zero-order valence-electron chi connectivity index (χ0n) is 14.1. The molecule has 2 heterocycles. The Morgan fingerprint density at radius 3 is 2.52 bits per heavy atom. The highest BCUT2D eigenvalue weighted by Crippen LogP contribution is 2.31. The lowest BCUT2D eigenvalue weighted by molar-refractivity contribution is -0.137. The molecule has 0 saturated heterocycles. The number of aromatic nitrogens is 3. The van der Waals surface area contributed by atoms with Crippen molar-refractivity contribution in [3.05, 3.63) is 70.9 Å². The molecule has 3 aromatic rings. The van der Waals surface area contributed by atoms with Crippen LogP contribution in [-0.4, -0.2) is 21.5 Å². The third-order valence-electron chi connectivity index (χ3n) is 4.54. The minimum absolute atomic E-state index is 0.0896. The number of nitriles is 1. The van der Waals surface area contributed by atoms with Crippen LogP contribution in [0, 0.1) is 11.3 Å². The quantitative estimate of drug-likeness (QED) is 0.691. The predicted octanol–water partition coefficient (Wildman–Crippen LogP) is 3.72. The molecule has 0 atom stereocenters. The fraction of sp³-hybridized carbons (Fsp3) is 0.211. The number of anilines is 1. The van der Waals surface area contributed by atoms with Crippen LogP contribution in [0.4, 0.5) is 19.0 Å². The lowest BCUT2D eigenvalue weighted by Gasteiger charge is -2.28. The van der Waals surface area contributed by atoms with E-state index in [4.69, 9.17) is 0 Å². The molecule has 1 aliphatic rings. The molecule has 8 heteroatoms. The highest BCUT2D eigenvalue weighted by molar-refractivity contribution is 5.52. The van der Waals surface area contributed by atoms with Crippen molar-refractivity contribution in [2.75, 3.05) is 11.4 Å². The number of alkyl halides is 3. The molecule has 1 aliphatic heterocycles. The molecule has 27 heavy (non-hydrogen) atoms. The van der Waals surface area contributed by atoms with Crippen molar-refractivity contribution < 1.29 is 13.2 Å². The van der Waals surface area contributed by atoms with Crippen LogP contribution in [0.3, 0.4) is 0 Å². The van der Waals surface area contributed by atoms with Crippen LogP contribution < -0.4 is 4.90 Å². The lowest BCUT2D eigenvalue weighted by atomic mass is 10.00. The standard InChI is InChI=1S/C19H14F3N5/c20-19(21,22)15-6-3-7-16(10-15)27-24-17(11-23)18(25-27)26-9-8-13-4-1-2-5-14(13)12-26/h1-7,10H,8-9,12H2. The van der Waals surface area contributed by atoms with Crippen molar-refractivity contribution in [3.8, 4) is 11.8 Å². The second kappa shape index (κ2) is 6.43. The molecule has 0 radical (unpaired) electrons. The van der Waals surface area contributed by atoms with Gasteiger partial charge in [-0.1, -0.05) is 30.3 Å². The van der Waals surface area contributed by atoms with Crippen molar-refractivity contribution in [1.82, 2.24) is 15.0 Å². The fourth-order valence-electron chi connectivity index (χ4n) is 3.18. The molecule has 5 nitrogen and oxygen atoms in total. The van der Waals surface area contributed by atoms with Gasteiger partial charge in [0.25, 0.3) is 0 Å². The smallest absolute Gasteiger partial charge is 0.348 e. The molecular formula is C19H14F3N5. The monoisotopic (exact) mass is 369 g/mol. The first kappa shape index (κ1) is 17.1. The average molecular weight is 369 g/mol. The first-order valence-corrected chi connectivity index (χ1v) is 8.32. The van der Waals surface area contributed by atoms with Gasteiger partial charge >= 0.3 is 6.18 Å². The molecule has 2 aromatic carbocycles. The van der Waals surface area contributed by atoms with E-state index >= 15 is 0 Å². The van der Waals surface area contributed by atoms with E-state index in [1.165, 1.54) is 17.7 Å². The summed E-state index contributed by atoms with van der Waals surface area (Å²) in [6, 6.07) is 14.7. The van der Waals surface area contributed by atoms with Gasteiger partial charge in [-0.25, -0.2) is 0 Å². The molecule has 0 spiro atoms. The van der Waals surface area contributed by atoms with Crippen molar-refractivity contribution in [2.24, 2.45) is 0 Å². The molecule has 0 fully saturated rings. The maximum atomic E-state index is 13.0. The van der Waals surface area contributed by atoms with Gasteiger partial charge in [0.1, 0.15) is 6.07 Å². The number of benzene rings is 2. The second-order valence-electron chi connectivity index (χ2n) is 6.26. The van der Waals surface area contributed by atoms with Crippen LogP contribution in [0.2, 0.25) is 0 Å². The maximum Gasteiger partial charge on any atom is 0.416 e. The van der Waals surface area contributed by atoms with Crippen molar-refractivity contribution >= 4 is 5.82 Å². The van der Waals surface area contributed by atoms with Gasteiger partial charge in [0.05, 0.1) is 11.3 Å². The van der Waals surface area contributed by atoms with Crippen LogP contribution >= 0.6 is 0 Å². The van der Waals surface area contributed by atoms with Gasteiger partial charge < -0.3 is 4.90 Å². The Labute approximate surface area is 153 Å². The van der Waals surface area contributed by atoms with Crippen molar-refractivity contribution in [2.45, 2.75) is 19.1 Å². The largest absolute Gasteiger partial charge is 0.416 e. The Bertz CT molecular complexity index is 1030. The zero-order chi connectivity index (χ0) is 19.0. The number of rotatable bonds is 2. The highest BCUT2D eigenvalue weighted by Gasteiger charge is 2.31. The summed E-state index contributed by atoms with van der Waals surface area (Å²) in [5, 5.41) is 17.8. The van der Waals surface area contributed by atoms with Gasteiger partial charge in [0.2, 0.25) is 5.69 Å². The van der Waals surface area contributed by atoms with Crippen LogP contribution in [-0.2, 0) is 19.1 Å². The summed E-state index contributed by atoms with van der Waals surface area (Å²) in [7, 11) is 0. The minimum Gasteiger partial charge on any atom is -0.348 e. The maximum absolute atomic E-state index is 13.0. The van der Waals surface area contributed by atoms with Crippen LogP contribution in [0.25, 0.3) is 5.69 Å². The number of halogens is 3. The first-order valence-electron chi connectivity index (χ1n) is 8.32. The molecule has 4 rings (SSSR count). The molecule has 0 bridgehead atoms. The SMILES string of the molecule is N#Cc1nn(-c2cccc(C(F)(F)F)c2)nc1N1CCc2ccccc2C1. The Morgan fingerprint density at radius 1 is 1.00 bits per heavy atom. The molecule has 0 unspecified atom stereocenters. The molecule has 136 valence electrons. The van der Waals surface area contributed by atoms with Gasteiger partial charge in [-0.15, -0.1) is 15.0 Å². The first-order chi connectivity index (χ1) is 13.0. The summed E-state index contributed by atoms with van der Waals surface area (Å²) in [4.78, 5) is 3.02. The molecule has 1 aromatic heterocycles. The van der Waals surface area contributed by atoms with Gasteiger partial charge in [-0.2, -0.15) is 18.4 Å². The highest BCUT2D eigenvalue weighted by atomic mass is 19.4. The minimum atomic E-state index is -4.46. The summed E-state index contributed by atoms with van der Waals surface area (Å²) in [5.41, 5.74) is 1.85. The van der Waals surface area contributed by atoms with E-state index in [2.05, 4.69) is 16.3 Å².